The lowest BCUT2D eigenvalue weighted by Gasteiger charge is -2.21. The van der Waals surface area contributed by atoms with Gasteiger partial charge in [0, 0.05) is 23.6 Å². The normalized spacial score (nSPS) is 18.0. The minimum Gasteiger partial charge on any atom is -0.322 e. The largest absolute Gasteiger partial charge is 0.344 e. The van der Waals surface area contributed by atoms with Gasteiger partial charge in [0.2, 0.25) is 0 Å². The molecule has 9 heteroatoms. The number of amides is 4. The topological polar surface area (TPSA) is 96.3 Å². The SMILES string of the molecule is CSc1nccn1-c1cccc(C(=O)NN2C(=O)NC(C)(CCc3ccccc3)C2=O)c1. The van der Waals surface area contributed by atoms with Crippen molar-refractivity contribution in [1.29, 1.82) is 0 Å². The molecular weight excluding hydrogens is 426 g/mol. The number of urea groups is 1. The minimum absolute atomic E-state index is 0.321. The highest BCUT2D eigenvalue weighted by atomic mass is 32.2. The number of thioether (sulfide) groups is 1. The van der Waals surface area contributed by atoms with Gasteiger partial charge in [-0.2, -0.15) is 5.01 Å². The highest BCUT2D eigenvalue weighted by Crippen LogP contribution is 2.23. The smallest absolute Gasteiger partial charge is 0.322 e. The number of rotatable bonds is 7. The van der Waals surface area contributed by atoms with Crippen molar-refractivity contribution in [3.63, 3.8) is 0 Å². The van der Waals surface area contributed by atoms with Gasteiger partial charge in [-0.05, 0) is 49.8 Å². The monoisotopic (exact) mass is 449 g/mol. The number of hydrogen-bond acceptors (Lipinski definition) is 5. The summed E-state index contributed by atoms with van der Waals surface area (Å²) in [5.74, 6) is -1.03. The van der Waals surface area contributed by atoms with E-state index >= 15 is 0 Å². The number of imide groups is 1. The van der Waals surface area contributed by atoms with Gasteiger partial charge < -0.3 is 5.32 Å². The maximum atomic E-state index is 13.0. The predicted octanol–water partition coefficient (Wildman–Crippen LogP) is 3.18. The molecule has 1 aliphatic rings. The zero-order chi connectivity index (χ0) is 22.7. The number of hydrazine groups is 1. The van der Waals surface area contributed by atoms with Crippen LogP contribution in [0.3, 0.4) is 0 Å². The highest BCUT2D eigenvalue weighted by molar-refractivity contribution is 7.98. The van der Waals surface area contributed by atoms with E-state index in [1.165, 1.54) is 11.8 Å². The third kappa shape index (κ3) is 4.24. The van der Waals surface area contributed by atoms with Crippen LogP contribution in [0.5, 0.6) is 0 Å². The summed E-state index contributed by atoms with van der Waals surface area (Å²) < 4.78 is 1.86. The molecule has 0 spiro atoms. The van der Waals surface area contributed by atoms with E-state index in [0.717, 1.165) is 21.4 Å². The lowest BCUT2D eigenvalue weighted by atomic mass is 9.93. The quantitative estimate of drug-likeness (QED) is 0.427. The van der Waals surface area contributed by atoms with Crippen molar-refractivity contribution in [2.24, 2.45) is 0 Å². The van der Waals surface area contributed by atoms with E-state index in [1.807, 2.05) is 47.2 Å². The number of imidazole rings is 1. The van der Waals surface area contributed by atoms with Gasteiger partial charge >= 0.3 is 6.03 Å². The van der Waals surface area contributed by atoms with Gasteiger partial charge in [-0.3, -0.25) is 19.6 Å². The number of hydrogen-bond donors (Lipinski definition) is 2. The van der Waals surface area contributed by atoms with Crippen LogP contribution in [0.15, 0.2) is 72.1 Å². The van der Waals surface area contributed by atoms with Gasteiger partial charge in [-0.15, -0.1) is 0 Å². The molecule has 1 saturated heterocycles. The molecule has 1 unspecified atom stereocenters. The van der Waals surface area contributed by atoms with Crippen molar-refractivity contribution in [2.45, 2.75) is 30.5 Å². The number of nitrogens with one attached hydrogen (secondary N) is 2. The summed E-state index contributed by atoms with van der Waals surface area (Å²) in [5.41, 5.74) is 3.50. The summed E-state index contributed by atoms with van der Waals surface area (Å²) in [6.07, 6.45) is 6.44. The molecule has 0 bridgehead atoms. The Morgan fingerprint density at radius 1 is 1.16 bits per heavy atom. The summed E-state index contributed by atoms with van der Waals surface area (Å²) in [4.78, 5) is 42.6. The summed E-state index contributed by atoms with van der Waals surface area (Å²) in [6, 6.07) is 16.0. The third-order valence-corrected chi connectivity index (χ3v) is 6.07. The molecule has 1 fully saturated rings. The molecule has 164 valence electrons. The molecule has 32 heavy (non-hydrogen) atoms. The first-order chi connectivity index (χ1) is 15.4. The number of carbonyl (C=O) groups is 3. The van der Waals surface area contributed by atoms with Gasteiger partial charge in [-0.1, -0.05) is 48.2 Å². The summed E-state index contributed by atoms with van der Waals surface area (Å²) in [7, 11) is 0. The third-order valence-electron chi connectivity index (χ3n) is 5.41. The average Bonchev–Trinajstić information content (AvgIpc) is 3.37. The van der Waals surface area contributed by atoms with Crippen molar-refractivity contribution in [2.75, 3.05) is 6.26 Å². The minimum atomic E-state index is -1.09. The number of aryl methyl sites for hydroxylation is 1. The molecule has 0 aliphatic carbocycles. The molecule has 2 aromatic carbocycles. The predicted molar refractivity (Wildman–Crippen MR) is 121 cm³/mol. The lowest BCUT2D eigenvalue weighted by molar-refractivity contribution is -0.132. The Bertz CT molecular complexity index is 1160. The van der Waals surface area contributed by atoms with Gasteiger partial charge in [0.05, 0.1) is 0 Å². The molecule has 4 amide bonds. The fourth-order valence-electron chi connectivity index (χ4n) is 3.59. The summed E-state index contributed by atoms with van der Waals surface area (Å²) >= 11 is 1.49. The second-order valence-electron chi connectivity index (χ2n) is 7.66. The maximum Gasteiger partial charge on any atom is 0.344 e. The van der Waals surface area contributed by atoms with Gasteiger partial charge in [-0.25, -0.2) is 9.78 Å². The molecule has 3 aromatic rings. The zero-order valence-electron chi connectivity index (χ0n) is 17.7. The van der Waals surface area contributed by atoms with Crippen LogP contribution in [0.25, 0.3) is 5.69 Å². The van der Waals surface area contributed by atoms with E-state index in [4.69, 9.17) is 0 Å². The second-order valence-corrected chi connectivity index (χ2v) is 8.44. The molecular formula is C23H23N5O3S. The molecule has 1 aliphatic heterocycles. The molecule has 2 N–H and O–H groups in total. The molecule has 0 saturated carbocycles. The Balaban J connectivity index is 1.47. The van der Waals surface area contributed by atoms with E-state index in [1.54, 1.807) is 37.5 Å². The van der Waals surface area contributed by atoms with Crippen molar-refractivity contribution in [1.82, 2.24) is 25.3 Å². The Morgan fingerprint density at radius 3 is 2.69 bits per heavy atom. The number of aromatic nitrogens is 2. The van der Waals surface area contributed by atoms with Crippen LogP contribution in [0, 0.1) is 0 Å². The van der Waals surface area contributed by atoms with Crippen molar-refractivity contribution in [3.8, 4) is 5.69 Å². The number of carbonyl (C=O) groups excluding carboxylic acids is 3. The fourth-order valence-corrected chi connectivity index (χ4v) is 4.12. The van der Waals surface area contributed by atoms with Gasteiger partial charge in [0.25, 0.3) is 11.8 Å². The van der Waals surface area contributed by atoms with E-state index in [2.05, 4.69) is 15.7 Å². The Hall–Kier alpha value is -3.59. The Morgan fingerprint density at radius 2 is 1.94 bits per heavy atom. The van der Waals surface area contributed by atoms with Gasteiger partial charge in [0.15, 0.2) is 5.16 Å². The van der Waals surface area contributed by atoms with Gasteiger partial charge in [0.1, 0.15) is 5.54 Å². The highest BCUT2D eigenvalue weighted by Gasteiger charge is 2.48. The molecule has 0 radical (unpaired) electrons. The molecule has 1 aromatic heterocycles. The fraction of sp³-hybridized carbons (Fsp3) is 0.217. The van der Waals surface area contributed by atoms with Crippen LogP contribution in [0.1, 0.15) is 29.3 Å². The first-order valence-electron chi connectivity index (χ1n) is 10.1. The molecule has 2 heterocycles. The molecule has 8 nitrogen and oxygen atoms in total. The van der Waals surface area contributed by atoms with Crippen LogP contribution in [-0.2, 0) is 11.2 Å². The first kappa shape index (κ1) is 21.6. The number of benzene rings is 2. The van der Waals surface area contributed by atoms with Crippen LogP contribution < -0.4 is 10.7 Å². The van der Waals surface area contributed by atoms with E-state index in [0.29, 0.717) is 18.4 Å². The Labute approximate surface area is 190 Å². The van der Waals surface area contributed by atoms with Crippen LogP contribution in [0.2, 0.25) is 0 Å². The first-order valence-corrected chi connectivity index (χ1v) is 11.3. The van der Waals surface area contributed by atoms with E-state index in [9.17, 15) is 14.4 Å². The summed E-state index contributed by atoms with van der Waals surface area (Å²) in [5, 5.41) is 4.27. The van der Waals surface area contributed by atoms with Crippen LogP contribution in [0.4, 0.5) is 4.79 Å². The van der Waals surface area contributed by atoms with Crippen molar-refractivity contribution in [3.05, 3.63) is 78.1 Å². The zero-order valence-corrected chi connectivity index (χ0v) is 18.6. The maximum absolute atomic E-state index is 13.0. The lowest BCUT2D eigenvalue weighted by Crippen LogP contribution is -2.49. The van der Waals surface area contributed by atoms with Crippen molar-refractivity contribution >= 4 is 29.6 Å². The van der Waals surface area contributed by atoms with Crippen molar-refractivity contribution < 1.29 is 14.4 Å². The molecule has 1 atom stereocenters. The average molecular weight is 450 g/mol. The van der Waals surface area contributed by atoms with Crippen LogP contribution >= 0.6 is 11.8 Å². The molecule has 4 rings (SSSR count). The van der Waals surface area contributed by atoms with E-state index in [-0.39, 0.29) is 0 Å². The van der Waals surface area contributed by atoms with Crippen LogP contribution in [-0.4, -0.2) is 44.2 Å². The Kier molecular flexibility index (Phi) is 6.00. The second kappa shape index (κ2) is 8.88. The van der Waals surface area contributed by atoms with E-state index < -0.39 is 23.4 Å². The standard InChI is InChI=1S/C23H23N5O3S/c1-23(12-11-16-7-4-3-5-8-16)20(30)28(21(31)25-23)26-19(29)17-9-6-10-18(15-17)27-14-13-24-22(27)32-2/h3-10,13-15H,11-12H2,1-2H3,(H,25,31)(H,26,29). The summed E-state index contributed by atoms with van der Waals surface area (Å²) in [6.45, 7) is 1.67. The number of nitrogens with zero attached hydrogens (tertiary/aromatic N) is 3.